The number of aromatic hydroxyl groups is 1. The van der Waals surface area contributed by atoms with Gasteiger partial charge in [-0.15, -0.1) is 0 Å². The quantitative estimate of drug-likeness (QED) is 0.578. The summed E-state index contributed by atoms with van der Waals surface area (Å²) in [6, 6.07) is 6.53. The molecule has 1 aliphatic carbocycles. The highest BCUT2D eigenvalue weighted by Crippen LogP contribution is 2.38. The lowest BCUT2D eigenvalue weighted by molar-refractivity contribution is 0.0950. The van der Waals surface area contributed by atoms with Crippen LogP contribution in [0.5, 0.6) is 11.5 Å². The van der Waals surface area contributed by atoms with E-state index in [0.29, 0.717) is 22.9 Å². The second-order valence-corrected chi connectivity index (χ2v) is 5.11. The first-order valence-corrected chi connectivity index (χ1v) is 6.93. The lowest BCUT2D eigenvalue weighted by atomic mass is 10.2. The number of hydrazone groups is 1. The van der Waals surface area contributed by atoms with Crippen molar-refractivity contribution < 1.29 is 14.6 Å². The van der Waals surface area contributed by atoms with Gasteiger partial charge in [-0.1, -0.05) is 0 Å². The van der Waals surface area contributed by atoms with Gasteiger partial charge in [0, 0.05) is 11.6 Å². The van der Waals surface area contributed by atoms with E-state index in [1.807, 2.05) is 0 Å². The minimum atomic E-state index is -0.370. The number of benzene rings is 1. The molecule has 0 spiro atoms. The molecule has 0 radical (unpaired) electrons. The molecule has 1 amide bonds. The van der Waals surface area contributed by atoms with Crippen LogP contribution in [0.2, 0.25) is 0 Å². The van der Waals surface area contributed by atoms with Crippen LogP contribution in [-0.2, 0) is 0 Å². The van der Waals surface area contributed by atoms with Crippen LogP contribution < -0.4 is 10.2 Å². The number of aromatic amines is 1. The molecule has 2 aromatic rings. The van der Waals surface area contributed by atoms with Gasteiger partial charge < -0.3 is 9.84 Å². The number of hydrogen-bond acceptors (Lipinski definition) is 5. The maximum Gasteiger partial charge on any atom is 0.291 e. The van der Waals surface area contributed by atoms with Crippen LogP contribution in [0.3, 0.4) is 0 Å². The number of carbonyl (C=O) groups excluding carboxylic acids is 1. The van der Waals surface area contributed by atoms with E-state index < -0.39 is 0 Å². The van der Waals surface area contributed by atoms with Gasteiger partial charge in [-0.2, -0.15) is 10.2 Å². The van der Waals surface area contributed by atoms with E-state index >= 15 is 0 Å². The van der Waals surface area contributed by atoms with E-state index in [4.69, 9.17) is 4.74 Å². The van der Waals surface area contributed by atoms with Gasteiger partial charge in [0.05, 0.1) is 13.3 Å². The predicted octanol–water partition coefficient (Wildman–Crippen LogP) is 1.77. The van der Waals surface area contributed by atoms with Gasteiger partial charge in [0.1, 0.15) is 0 Å². The van der Waals surface area contributed by atoms with Crippen LogP contribution in [0.1, 0.15) is 40.5 Å². The monoisotopic (exact) mass is 300 g/mol. The number of ether oxygens (including phenoxy) is 1. The zero-order chi connectivity index (χ0) is 15.5. The van der Waals surface area contributed by atoms with E-state index in [-0.39, 0.29) is 11.7 Å². The summed E-state index contributed by atoms with van der Waals surface area (Å²) in [7, 11) is 1.47. The van der Waals surface area contributed by atoms with Crippen molar-refractivity contribution in [3.63, 3.8) is 0 Å². The molecule has 0 bridgehead atoms. The number of nitrogens with one attached hydrogen (secondary N) is 2. The molecule has 1 aliphatic rings. The molecule has 0 unspecified atom stereocenters. The van der Waals surface area contributed by atoms with E-state index in [9.17, 15) is 9.90 Å². The lowest BCUT2D eigenvalue weighted by Crippen LogP contribution is -2.18. The largest absolute Gasteiger partial charge is 0.504 e. The molecule has 0 saturated heterocycles. The van der Waals surface area contributed by atoms with E-state index in [1.54, 1.807) is 18.2 Å². The van der Waals surface area contributed by atoms with E-state index in [2.05, 4.69) is 20.7 Å². The number of phenols is 1. The van der Waals surface area contributed by atoms with Crippen molar-refractivity contribution in [1.29, 1.82) is 0 Å². The highest BCUT2D eigenvalue weighted by atomic mass is 16.5. The third kappa shape index (κ3) is 3.08. The van der Waals surface area contributed by atoms with Gasteiger partial charge in [-0.05, 0) is 42.7 Å². The van der Waals surface area contributed by atoms with Crippen molar-refractivity contribution in [2.45, 2.75) is 18.8 Å². The maximum atomic E-state index is 11.9. The molecule has 0 atom stereocenters. The van der Waals surface area contributed by atoms with Gasteiger partial charge in [-0.25, -0.2) is 5.43 Å². The molecule has 3 rings (SSSR count). The second kappa shape index (κ2) is 5.88. The highest BCUT2D eigenvalue weighted by molar-refractivity contribution is 5.93. The summed E-state index contributed by atoms with van der Waals surface area (Å²) in [4.78, 5) is 11.9. The molecule has 1 fully saturated rings. The number of rotatable bonds is 5. The number of hydrogen-bond donors (Lipinski definition) is 3. The maximum absolute atomic E-state index is 11.9. The Labute approximate surface area is 127 Å². The van der Waals surface area contributed by atoms with E-state index in [1.165, 1.54) is 19.4 Å². The molecule has 1 aromatic heterocycles. The normalized spacial score (nSPS) is 14.2. The van der Waals surface area contributed by atoms with Gasteiger partial charge >= 0.3 is 0 Å². The first-order chi connectivity index (χ1) is 10.7. The molecule has 22 heavy (non-hydrogen) atoms. The SMILES string of the molecule is COc1cc(/C=N\NC(=O)c2cc(C3CC3)[nH]n2)ccc1O. The fourth-order valence-corrected chi connectivity index (χ4v) is 2.05. The zero-order valence-corrected chi connectivity index (χ0v) is 12.0. The summed E-state index contributed by atoms with van der Waals surface area (Å²) in [5.74, 6) is 0.539. The number of aromatic nitrogens is 2. The fourth-order valence-electron chi connectivity index (χ4n) is 2.05. The van der Waals surface area contributed by atoms with Crippen LogP contribution >= 0.6 is 0 Å². The third-order valence-corrected chi connectivity index (χ3v) is 3.43. The molecule has 1 heterocycles. The van der Waals surface area contributed by atoms with Gasteiger partial charge in [0.25, 0.3) is 5.91 Å². The fraction of sp³-hybridized carbons (Fsp3) is 0.267. The highest BCUT2D eigenvalue weighted by Gasteiger charge is 2.26. The topological polar surface area (TPSA) is 99.6 Å². The summed E-state index contributed by atoms with van der Waals surface area (Å²) >= 11 is 0. The molecule has 0 aliphatic heterocycles. The van der Waals surface area contributed by atoms with Crippen molar-refractivity contribution in [2.24, 2.45) is 5.10 Å². The Morgan fingerprint density at radius 1 is 1.50 bits per heavy atom. The average Bonchev–Trinajstić information content (AvgIpc) is 3.26. The van der Waals surface area contributed by atoms with Crippen LogP contribution in [0.15, 0.2) is 29.4 Å². The summed E-state index contributed by atoms with van der Waals surface area (Å²) < 4.78 is 5.00. The molecular weight excluding hydrogens is 284 g/mol. The number of phenolic OH excluding ortho intramolecular Hbond substituents is 1. The Kier molecular flexibility index (Phi) is 3.78. The zero-order valence-electron chi connectivity index (χ0n) is 12.0. The number of nitrogens with zero attached hydrogens (tertiary/aromatic N) is 2. The number of methoxy groups -OCH3 is 1. The number of amides is 1. The molecular formula is C15H16N4O3. The summed E-state index contributed by atoms with van der Waals surface area (Å²) in [6.07, 6.45) is 3.75. The molecule has 1 saturated carbocycles. The second-order valence-electron chi connectivity index (χ2n) is 5.11. The number of H-pyrrole nitrogens is 1. The van der Waals surface area contributed by atoms with Crippen molar-refractivity contribution in [3.8, 4) is 11.5 Å². The van der Waals surface area contributed by atoms with Crippen molar-refractivity contribution in [3.05, 3.63) is 41.2 Å². The Bertz CT molecular complexity index is 719. The Morgan fingerprint density at radius 2 is 2.32 bits per heavy atom. The van der Waals surface area contributed by atoms with Crippen molar-refractivity contribution in [1.82, 2.24) is 15.6 Å². The standard InChI is InChI=1S/C15H16N4O3/c1-22-14-6-9(2-5-13(14)20)8-16-19-15(21)12-7-11(17-18-12)10-3-4-10/h2,5-8,10,20H,3-4H2,1H3,(H,17,18)(H,19,21)/b16-8-. The van der Waals surface area contributed by atoms with Gasteiger partial charge in [0.2, 0.25) is 0 Å². The molecule has 1 aromatic carbocycles. The van der Waals surface area contributed by atoms with Crippen LogP contribution in [0, 0.1) is 0 Å². The Balaban J connectivity index is 1.62. The Hall–Kier alpha value is -2.83. The minimum absolute atomic E-state index is 0.0489. The summed E-state index contributed by atoms with van der Waals surface area (Å²) in [5.41, 5.74) is 4.43. The lowest BCUT2D eigenvalue weighted by Gasteiger charge is -2.03. The first kappa shape index (κ1) is 14.1. The molecule has 7 heteroatoms. The van der Waals surface area contributed by atoms with Crippen LogP contribution in [0.25, 0.3) is 0 Å². The van der Waals surface area contributed by atoms with Gasteiger partial charge in [-0.3, -0.25) is 9.89 Å². The molecule has 7 nitrogen and oxygen atoms in total. The smallest absolute Gasteiger partial charge is 0.291 e. The summed E-state index contributed by atoms with van der Waals surface area (Å²) in [6.45, 7) is 0. The van der Waals surface area contributed by atoms with Crippen LogP contribution in [0.4, 0.5) is 0 Å². The predicted molar refractivity (Wildman–Crippen MR) is 80.3 cm³/mol. The van der Waals surface area contributed by atoms with Gasteiger partial charge in [0.15, 0.2) is 17.2 Å². The third-order valence-electron chi connectivity index (χ3n) is 3.43. The van der Waals surface area contributed by atoms with Crippen LogP contribution in [-0.4, -0.2) is 34.5 Å². The summed E-state index contributed by atoms with van der Waals surface area (Å²) in [5, 5.41) is 20.2. The minimum Gasteiger partial charge on any atom is -0.504 e. The number of carbonyl (C=O) groups is 1. The van der Waals surface area contributed by atoms with E-state index in [0.717, 1.165) is 18.5 Å². The van der Waals surface area contributed by atoms with Crippen molar-refractivity contribution >= 4 is 12.1 Å². The molecule has 114 valence electrons. The molecule has 3 N–H and O–H groups in total. The Morgan fingerprint density at radius 3 is 3.05 bits per heavy atom. The first-order valence-electron chi connectivity index (χ1n) is 6.93. The van der Waals surface area contributed by atoms with Crippen molar-refractivity contribution in [2.75, 3.05) is 7.11 Å². The average molecular weight is 300 g/mol.